The Kier molecular flexibility index (Phi) is 7.05. The fourth-order valence-corrected chi connectivity index (χ4v) is 2.61. The maximum Gasteiger partial charge on any atom is 0.129 e. The van der Waals surface area contributed by atoms with Gasteiger partial charge in [0.1, 0.15) is 5.82 Å². The van der Waals surface area contributed by atoms with Crippen molar-refractivity contribution >= 4 is 22.9 Å². The molecular formula is C20H26ClN3. The number of benzene rings is 1. The van der Waals surface area contributed by atoms with Crippen molar-refractivity contribution in [1.82, 2.24) is 5.32 Å². The molecule has 0 saturated heterocycles. The van der Waals surface area contributed by atoms with E-state index in [0.717, 1.165) is 33.7 Å². The molecule has 1 rings (SSSR count). The van der Waals surface area contributed by atoms with Crippen LogP contribution in [0.3, 0.4) is 0 Å². The number of aliphatic imine (C=N–C) groups is 1. The Morgan fingerprint density at radius 1 is 1.38 bits per heavy atom. The Bertz CT molecular complexity index is 726. The summed E-state index contributed by atoms with van der Waals surface area (Å²) >= 11 is 6.02. The lowest BCUT2D eigenvalue weighted by Crippen LogP contribution is -2.16. The van der Waals surface area contributed by atoms with E-state index in [2.05, 4.69) is 30.0 Å². The van der Waals surface area contributed by atoms with Gasteiger partial charge in [0.25, 0.3) is 0 Å². The lowest BCUT2D eigenvalue weighted by molar-refractivity contribution is 0.812. The summed E-state index contributed by atoms with van der Waals surface area (Å²) in [5.74, 6) is 0.444. The van der Waals surface area contributed by atoms with Crippen LogP contribution in [0.4, 0.5) is 0 Å². The molecular weight excluding hydrogens is 318 g/mol. The molecule has 0 aliphatic rings. The standard InChI is InChI=1S/C20H26ClN3/c1-8-12(2)19(16(6)23-7)20(22)24-15(5)14(4)18-10-9-17(21)11-13(18)3/h8-12,23H,1,4,6,22H2,2-3,5,7H3/b20-19-,24-15?. The zero-order chi connectivity index (χ0) is 18.4. The molecule has 1 aromatic rings. The summed E-state index contributed by atoms with van der Waals surface area (Å²) in [6.45, 7) is 17.9. The third-order valence-corrected chi connectivity index (χ3v) is 4.19. The molecule has 3 N–H and O–H groups in total. The number of allylic oxidation sites excluding steroid dienone is 3. The molecule has 4 heteroatoms. The summed E-state index contributed by atoms with van der Waals surface area (Å²) in [5.41, 5.74) is 11.4. The lowest BCUT2D eigenvalue weighted by atomic mass is 9.97. The first-order chi connectivity index (χ1) is 11.2. The van der Waals surface area contributed by atoms with E-state index in [-0.39, 0.29) is 5.92 Å². The third-order valence-electron chi connectivity index (χ3n) is 3.95. The number of likely N-dealkylation sites (N-methyl/N-ethyl adjacent to an activating group) is 1. The van der Waals surface area contributed by atoms with Crippen LogP contribution in [-0.2, 0) is 0 Å². The number of halogens is 1. The Hall–Kier alpha value is -2.26. The van der Waals surface area contributed by atoms with Gasteiger partial charge in [-0.1, -0.05) is 43.8 Å². The summed E-state index contributed by atoms with van der Waals surface area (Å²) in [6, 6.07) is 5.69. The van der Waals surface area contributed by atoms with Crippen LogP contribution in [0.15, 0.2) is 66.1 Å². The van der Waals surface area contributed by atoms with E-state index >= 15 is 0 Å². The smallest absolute Gasteiger partial charge is 0.129 e. The molecule has 1 atom stereocenters. The summed E-state index contributed by atoms with van der Waals surface area (Å²) < 4.78 is 0. The molecule has 0 saturated carbocycles. The molecule has 128 valence electrons. The highest BCUT2D eigenvalue weighted by Crippen LogP contribution is 2.24. The van der Waals surface area contributed by atoms with E-state index in [0.29, 0.717) is 10.8 Å². The van der Waals surface area contributed by atoms with Crippen molar-refractivity contribution in [2.45, 2.75) is 20.8 Å². The molecule has 0 aromatic heterocycles. The van der Waals surface area contributed by atoms with Gasteiger partial charge >= 0.3 is 0 Å². The molecule has 1 unspecified atom stereocenters. The highest BCUT2D eigenvalue weighted by molar-refractivity contribution is 6.31. The van der Waals surface area contributed by atoms with Crippen LogP contribution >= 0.6 is 11.6 Å². The molecule has 0 radical (unpaired) electrons. The van der Waals surface area contributed by atoms with Gasteiger partial charge in [0.15, 0.2) is 0 Å². The second-order valence-electron chi connectivity index (χ2n) is 5.69. The van der Waals surface area contributed by atoms with Gasteiger partial charge in [0.05, 0.1) is 0 Å². The monoisotopic (exact) mass is 343 g/mol. The van der Waals surface area contributed by atoms with Crippen molar-refractivity contribution in [2.24, 2.45) is 16.6 Å². The third kappa shape index (κ3) is 4.62. The summed E-state index contributed by atoms with van der Waals surface area (Å²) in [7, 11) is 1.80. The highest BCUT2D eigenvalue weighted by Gasteiger charge is 2.14. The Labute approximate surface area is 150 Å². The van der Waals surface area contributed by atoms with Gasteiger partial charge in [-0.15, -0.1) is 6.58 Å². The zero-order valence-electron chi connectivity index (χ0n) is 14.9. The van der Waals surface area contributed by atoms with Crippen LogP contribution in [0.25, 0.3) is 5.57 Å². The molecule has 0 amide bonds. The van der Waals surface area contributed by atoms with E-state index in [1.165, 1.54) is 0 Å². The lowest BCUT2D eigenvalue weighted by Gasteiger charge is -2.17. The summed E-state index contributed by atoms with van der Waals surface area (Å²) in [4.78, 5) is 4.55. The molecule has 0 aliphatic carbocycles. The van der Waals surface area contributed by atoms with Crippen LogP contribution in [0.2, 0.25) is 5.02 Å². The number of hydrogen-bond acceptors (Lipinski definition) is 3. The Morgan fingerprint density at radius 2 is 2.00 bits per heavy atom. The maximum atomic E-state index is 6.23. The zero-order valence-corrected chi connectivity index (χ0v) is 15.7. The first-order valence-corrected chi connectivity index (χ1v) is 8.11. The van der Waals surface area contributed by atoms with Crippen molar-refractivity contribution in [3.8, 4) is 0 Å². The molecule has 0 heterocycles. The first kappa shape index (κ1) is 19.8. The SMILES string of the molecule is C=CC(C)/C(C(=C)NC)=C(\N)N=C(C)C(=C)c1ccc(Cl)cc1C. The predicted molar refractivity (Wildman–Crippen MR) is 107 cm³/mol. The van der Waals surface area contributed by atoms with Gasteiger partial charge in [-0.05, 0) is 42.7 Å². The van der Waals surface area contributed by atoms with Crippen LogP contribution in [0.1, 0.15) is 25.0 Å². The largest absolute Gasteiger partial charge is 0.388 e. The number of hydrogen-bond donors (Lipinski definition) is 2. The normalized spacial score (nSPS) is 13.8. The summed E-state index contributed by atoms with van der Waals surface area (Å²) in [6.07, 6.45) is 1.81. The molecule has 24 heavy (non-hydrogen) atoms. The summed E-state index contributed by atoms with van der Waals surface area (Å²) in [5, 5.41) is 3.72. The minimum absolute atomic E-state index is 0.0343. The predicted octanol–water partition coefficient (Wildman–Crippen LogP) is 4.85. The van der Waals surface area contributed by atoms with Crippen LogP contribution in [0, 0.1) is 12.8 Å². The fraction of sp³-hybridized carbons (Fsp3) is 0.250. The van der Waals surface area contributed by atoms with Gasteiger partial charge in [0.2, 0.25) is 0 Å². The van der Waals surface area contributed by atoms with Gasteiger partial charge in [-0.2, -0.15) is 0 Å². The van der Waals surface area contributed by atoms with E-state index < -0.39 is 0 Å². The average Bonchev–Trinajstić information content (AvgIpc) is 2.53. The van der Waals surface area contributed by atoms with Crippen LogP contribution < -0.4 is 11.1 Å². The molecule has 0 bridgehead atoms. The number of nitrogens with zero attached hydrogens (tertiary/aromatic N) is 1. The second kappa shape index (κ2) is 8.55. The topological polar surface area (TPSA) is 50.4 Å². The Balaban J connectivity index is 3.30. The van der Waals surface area contributed by atoms with E-state index in [1.807, 2.05) is 45.0 Å². The van der Waals surface area contributed by atoms with E-state index in [9.17, 15) is 0 Å². The van der Waals surface area contributed by atoms with Crippen molar-refractivity contribution in [2.75, 3.05) is 7.05 Å². The molecule has 1 aromatic carbocycles. The van der Waals surface area contributed by atoms with Gasteiger partial charge < -0.3 is 11.1 Å². The quantitative estimate of drug-likeness (QED) is 0.422. The first-order valence-electron chi connectivity index (χ1n) is 7.73. The van der Waals surface area contributed by atoms with Gasteiger partial charge in [0, 0.05) is 35.0 Å². The number of nitrogens with two attached hydrogens (primary N) is 1. The highest BCUT2D eigenvalue weighted by atomic mass is 35.5. The second-order valence-corrected chi connectivity index (χ2v) is 6.12. The van der Waals surface area contributed by atoms with Gasteiger partial charge in [-0.3, -0.25) is 0 Å². The number of rotatable bonds is 7. The molecule has 3 nitrogen and oxygen atoms in total. The number of aryl methyl sites for hydroxylation is 1. The molecule has 0 fully saturated rings. The molecule has 0 aliphatic heterocycles. The van der Waals surface area contributed by atoms with E-state index in [4.69, 9.17) is 17.3 Å². The van der Waals surface area contributed by atoms with Crippen molar-refractivity contribution < 1.29 is 0 Å². The number of nitrogens with one attached hydrogen (secondary N) is 1. The van der Waals surface area contributed by atoms with Crippen molar-refractivity contribution in [1.29, 1.82) is 0 Å². The molecule has 0 spiro atoms. The van der Waals surface area contributed by atoms with Crippen LogP contribution in [-0.4, -0.2) is 12.8 Å². The van der Waals surface area contributed by atoms with Crippen molar-refractivity contribution in [3.05, 3.63) is 77.3 Å². The average molecular weight is 344 g/mol. The fourth-order valence-electron chi connectivity index (χ4n) is 2.38. The maximum absolute atomic E-state index is 6.23. The minimum atomic E-state index is 0.0343. The van der Waals surface area contributed by atoms with Crippen molar-refractivity contribution in [3.63, 3.8) is 0 Å². The van der Waals surface area contributed by atoms with Crippen LogP contribution in [0.5, 0.6) is 0 Å². The van der Waals surface area contributed by atoms with E-state index in [1.54, 1.807) is 7.05 Å². The Morgan fingerprint density at radius 3 is 2.50 bits per heavy atom. The minimum Gasteiger partial charge on any atom is -0.388 e. The van der Waals surface area contributed by atoms with Gasteiger partial charge in [-0.25, -0.2) is 4.99 Å².